The zero-order chi connectivity index (χ0) is 7.40. The van der Waals surface area contributed by atoms with E-state index in [0.717, 1.165) is 5.92 Å². The molecule has 60 valence electrons. The molecule has 1 rings (SSSR count). The Morgan fingerprint density at radius 3 is 2.80 bits per heavy atom. The third-order valence-electron chi connectivity index (χ3n) is 1.96. The first kappa shape index (κ1) is 8.73. The lowest BCUT2D eigenvalue weighted by Gasteiger charge is -2.05. The highest BCUT2D eigenvalue weighted by molar-refractivity contribution is 7.98. The Labute approximate surface area is 72.7 Å². The maximum absolute atomic E-state index is 6.10. The van der Waals surface area contributed by atoms with E-state index in [1.54, 1.807) is 0 Å². The van der Waals surface area contributed by atoms with Crippen molar-refractivity contribution in [2.24, 2.45) is 5.92 Å². The molecule has 0 aliphatic heterocycles. The van der Waals surface area contributed by atoms with Crippen molar-refractivity contribution in [1.82, 2.24) is 0 Å². The van der Waals surface area contributed by atoms with Gasteiger partial charge in [-0.05, 0) is 43.6 Å². The Bertz CT molecular complexity index is 91.3. The van der Waals surface area contributed by atoms with E-state index >= 15 is 0 Å². The molecule has 1 fully saturated rings. The van der Waals surface area contributed by atoms with Gasteiger partial charge in [0.25, 0.3) is 0 Å². The SMILES string of the molecule is CSCCCC(Cl)C1CC1. The van der Waals surface area contributed by atoms with Crippen LogP contribution in [-0.4, -0.2) is 17.4 Å². The van der Waals surface area contributed by atoms with E-state index in [1.807, 2.05) is 11.8 Å². The Morgan fingerprint density at radius 2 is 2.30 bits per heavy atom. The maximum Gasteiger partial charge on any atom is 0.0364 e. The summed E-state index contributed by atoms with van der Waals surface area (Å²) in [6.07, 6.45) is 7.44. The fourth-order valence-electron chi connectivity index (χ4n) is 1.12. The monoisotopic (exact) mass is 178 g/mol. The Kier molecular flexibility index (Phi) is 3.93. The Hall–Kier alpha value is 0.640. The predicted molar refractivity (Wildman–Crippen MR) is 50.0 cm³/mol. The zero-order valence-electron chi connectivity index (χ0n) is 6.48. The van der Waals surface area contributed by atoms with Crippen LogP contribution in [0.15, 0.2) is 0 Å². The van der Waals surface area contributed by atoms with Crippen molar-refractivity contribution >= 4 is 23.4 Å². The van der Waals surface area contributed by atoms with Crippen LogP contribution in [0, 0.1) is 5.92 Å². The van der Waals surface area contributed by atoms with Crippen LogP contribution in [0.5, 0.6) is 0 Å². The molecule has 0 heterocycles. The molecule has 0 radical (unpaired) electrons. The summed E-state index contributed by atoms with van der Waals surface area (Å²) in [7, 11) is 0. The van der Waals surface area contributed by atoms with Crippen LogP contribution in [-0.2, 0) is 0 Å². The van der Waals surface area contributed by atoms with Crippen molar-refractivity contribution in [3.63, 3.8) is 0 Å². The van der Waals surface area contributed by atoms with Gasteiger partial charge in [-0.1, -0.05) is 0 Å². The van der Waals surface area contributed by atoms with Gasteiger partial charge in [0.2, 0.25) is 0 Å². The van der Waals surface area contributed by atoms with E-state index in [4.69, 9.17) is 11.6 Å². The van der Waals surface area contributed by atoms with Crippen molar-refractivity contribution in [2.45, 2.75) is 31.1 Å². The molecule has 0 aromatic rings. The molecule has 0 bridgehead atoms. The van der Waals surface area contributed by atoms with Gasteiger partial charge in [0.1, 0.15) is 0 Å². The molecule has 0 amide bonds. The van der Waals surface area contributed by atoms with E-state index in [1.165, 1.54) is 31.4 Å². The minimum Gasteiger partial charge on any atom is -0.165 e. The second kappa shape index (κ2) is 4.50. The predicted octanol–water partition coefficient (Wildman–Crippen LogP) is 3.15. The van der Waals surface area contributed by atoms with E-state index in [0.29, 0.717) is 5.38 Å². The van der Waals surface area contributed by atoms with Crippen LogP contribution in [0.2, 0.25) is 0 Å². The minimum atomic E-state index is 0.493. The summed E-state index contributed by atoms with van der Waals surface area (Å²) >= 11 is 8.02. The van der Waals surface area contributed by atoms with Crippen LogP contribution < -0.4 is 0 Å². The van der Waals surface area contributed by atoms with Crippen molar-refractivity contribution in [3.05, 3.63) is 0 Å². The van der Waals surface area contributed by atoms with Gasteiger partial charge in [-0.15, -0.1) is 11.6 Å². The number of halogens is 1. The first-order chi connectivity index (χ1) is 4.84. The van der Waals surface area contributed by atoms with Gasteiger partial charge < -0.3 is 0 Å². The van der Waals surface area contributed by atoms with E-state index in [9.17, 15) is 0 Å². The average Bonchev–Trinajstić information content (AvgIpc) is 2.69. The molecule has 0 aromatic heterocycles. The second-order valence-electron chi connectivity index (χ2n) is 2.99. The highest BCUT2D eigenvalue weighted by Gasteiger charge is 2.28. The molecule has 0 N–H and O–H groups in total. The summed E-state index contributed by atoms with van der Waals surface area (Å²) in [5, 5.41) is 0.493. The van der Waals surface area contributed by atoms with Crippen molar-refractivity contribution in [3.8, 4) is 0 Å². The van der Waals surface area contributed by atoms with Gasteiger partial charge in [-0.3, -0.25) is 0 Å². The van der Waals surface area contributed by atoms with Crippen molar-refractivity contribution in [1.29, 1.82) is 0 Å². The zero-order valence-corrected chi connectivity index (χ0v) is 8.05. The van der Waals surface area contributed by atoms with E-state index in [2.05, 4.69) is 6.26 Å². The lowest BCUT2D eigenvalue weighted by atomic mass is 10.2. The lowest BCUT2D eigenvalue weighted by Crippen LogP contribution is -2.00. The summed E-state index contributed by atoms with van der Waals surface area (Å²) in [5.41, 5.74) is 0. The van der Waals surface area contributed by atoms with Crippen LogP contribution in [0.25, 0.3) is 0 Å². The number of rotatable bonds is 5. The molecule has 0 spiro atoms. The normalized spacial score (nSPS) is 21.0. The molecular weight excluding hydrogens is 164 g/mol. The maximum atomic E-state index is 6.10. The Morgan fingerprint density at radius 1 is 1.60 bits per heavy atom. The molecular formula is C8H15ClS. The number of alkyl halides is 1. The lowest BCUT2D eigenvalue weighted by molar-refractivity contribution is 0.668. The summed E-state index contributed by atoms with van der Waals surface area (Å²) < 4.78 is 0. The third-order valence-corrected chi connectivity index (χ3v) is 3.23. The standard InChI is InChI=1S/C8H15ClS/c1-10-6-2-3-8(9)7-4-5-7/h7-8H,2-6H2,1H3. The second-order valence-corrected chi connectivity index (χ2v) is 4.53. The van der Waals surface area contributed by atoms with E-state index < -0.39 is 0 Å². The molecule has 2 heteroatoms. The van der Waals surface area contributed by atoms with E-state index in [-0.39, 0.29) is 0 Å². The number of thioether (sulfide) groups is 1. The fraction of sp³-hybridized carbons (Fsp3) is 1.00. The average molecular weight is 179 g/mol. The van der Waals surface area contributed by atoms with Gasteiger partial charge in [-0.2, -0.15) is 11.8 Å². The first-order valence-electron chi connectivity index (χ1n) is 3.97. The first-order valence-corrected chi connectivity index (χ1v) is 5.80. The highest BCUT2D eigenvalue weighted by Crippen LogP contribution is 2.37. The smallest absolute Gasteiger partial charge is 0.0364 e. The number of hydrogen-bond donors (Lipinski definition) is 0. The highest BCUT2D eigenvalue weighted by atomic mass is 35.5. The molecule has 1 unspecified atom stereocenters. The molecule has 1 atom stereocenters. The van der Waals surface area contributed by atoms with Gasteiger partial charge in [0.15, 0.2) is 0 Å². The van der Waals surface area contributed by atoms with Gasteiger partial charge in [-0.25, -0.2) is 0 Å². The molecule has 0 nitrogen and oxygen atoms in total. The minimum absolute atomic E-state index is 0.493. The van der Waals surface area contributed by atoms with Gasteiger partial charge in [0, 0.05) is 5.38 Å². The summed E-state index contributed by atoms with van der Waals surface area (Å²) in [6.45, 7) is 0. The quantitative estimate of drug-likeness (QED) is 0.461. The van der Waals surface area contributed by atoms with Crippen LogP contribution in [0.3, 0.4) is 0 Å². The molecule has 0 saturated heterocycles. The summed E-state index contributed by atoms with van der Waals surface area (Å²) in [5.74, 6) is 2.15. The van der Waals surface area contributed by atoms with Crippen LogP contribution in [0.4, 0.5) is 0 Å². The molecule has 1 saturated carbocycles. The third kappa shape index (κ3) is 3.16. The fourth-order valence-corrected chi connectivity index (χ4v) is 1.98. The van der Waals surface area contributed by atoms with Crippen LogP contribution in [0.1, 0.15) is 25.7 Å². The van der Waals surface area contributed by atoms with Crippen molar-refractivity contribution < 1.29 is 0 Å². The summed E-state index contributed by atoms with van der Waals surface area (Å²) in [4.78, 5) is 0. The van der Waals surface area contributed by atoms with Gasteiger partial charge >= 0.3 is 0 Å². The molecule has 0 aromatic carbocycles. The summed E-state index contributed by atoms with van der Waals surface area (Å²) in [6, 6.07) is 0. The largest absolute Gasteiger partial charge is 0.165 e. The Balaban J connectivity index is 1.90. The van der Waals surface area contributed by atoms with Crippen LogP contribution >= 0.6 is 23.4 Å². The molecule has 1 aliphatic carbocycles. The number of hydrogen-bond acceptors (Lipinski definition) is 1. The van der Waals surface area contributed by atoms with Gasteiger partial charge in [0.05, 0.1) is 0 Å². The molecule has 1 aliphatic rings. The topological polar surface area (TPSA) is 0 Å². The molecule has 10 heavy (non-hydrogen) atoms. The van der Waals surface area contributed by atoms with Crippen molar-refractivity contribution in [2.75, 3.05) is 12.0 Å².